The zero-order valence-corrected chi connectivity index (χ0v) is 7.47. The molecule has 0 N–H and O–H groups in total. The number of hydrogen-bond acceptors (Lipinski definition) is 3. The van der Waals surface area contributed by atoms with Crippen molar-refractivity contribution in [1.29, 1.82) is 5.26 Å². The molecular weight excluding hydrogens is 175 g/mol. The minimum absolute atomic E-state index is 0.282. The van der Waals surface area contributed by atoms with E-state index in [4.69, 9.17) is 17.8 Å². The van der Waals surface area contributed by atoms with Gasteiger partial charge in [0, 0.05) is 11.5 Å². The number of hydrogen-bond donors (Lipinski definition) is 0. The van der Waals surface area contributed by atoms with Crippen molar-refractivity contribution in [2.75, 3.05) is 6.61 Å². The fraction of sp³-hybridized carbons (Fsp3) is 0.200. The van der Waals surface area contributed by atoms with Crippen LogP contribution in [0.4, 0.5) is 0 Å². The van der Waals surface area contributed by atoms with E-state index in [0.717, 1.165) is 5.56 Å². The van der Waals surface area contributed by atoms with E-state index in [-0.39, 0.29) is 5.94 Å². The van der Waals surface area contributed by atoms with Crippen LogP contribution in [0.3, 0.4) is 0 Å². The monoisotopic (exact) mass is 182 g/mol. The summed E-state index contributed by atoms with van der Waals surface area (Å²) in [6.07, 6.45) is 0. The van der Waals surface area contributed by atoms with E-state index in [1.807, 2.05) is 6.07 Å². The minimum atomic E-state index is -0.282. The molecule has 1 aromatic carbocycles. The molecule has 66 valence electrons. The van der Waals surface area contributed by atoms with E-state index in [1.165, 1.54) is 0 Å². The topological polar surface area (TPSA) is 45.4 Å². The van der Waals surface area contributed by atoms with Gasteiger partial charge in [-0.2, -0.15) is 5.26 Å². The Labute approximate surface area is 83.4 Å². The fourth-order valence-corrected chi connectivity index (χ4v) is 1.27. The second kappa shape index (κ2) is 3.55. The van der Waals surface area contributed by atoms with E-state index in [9.17, 15) is 0 Å². The van der Waals surface area contributed by atoms with Crippen molar-refractivity contribution < 1.29 is 4.74 Å². The van der Waals surface area contributed by atoms with E-state index in [1.54, 1.807) is 18.2 Å². The lowest BCUT2D eigenvalue weighted by molar-refractivity contribution is 0.340. The Morgan fingerprint density at radius 1 is 1.57 bits per heavy atom. The number of nitrogens with zero attached hydrogens (tertiary/aromatic N) is 2. The average Bonchev–Trinajstić information content (AvgIpc) is 2.65. The summed E-state index contributed by atoms with van der Waals surface area (Å²) >= 11 is 0. The van der Waals surface area contributed by atoms with Crippen LogP contribution < -0.4 is 0 Å². The van der Waals surface area contributed by atoms with E-state index < -0.39 is 0 Å². The molecule has 0 amide bonds. The van der Waals surface area contributed by atoms with Gasteiger partial charge < -0.3 is 4.74 Å². The first-order valence-corrected chi connectivity index (χ1v) is 4.26. The number of ether oxygens (including phenoxy) is 1. The number of rotatable bonds is 1. The standard InChI is InChI=1S/C10H7BN2O/c11-9-6-14-10(13-9)8-3-1-2-7(4-8)5-12/h1-4,9H,6H2/t9-/m1/s1. The Kier molecular flexibility index (Phi) is 2.24. The molecule has 1 aromatic rings. The maximum atomic E-state index is 8.70. The Morgan fingerprint density at radius 3 is 3.07 bits per heavy atom. The maximum absolute atomic E-state index is 8.70. The molecule has 4 heteroatoms. The lowest BCUT2D eigenvalue weighted by atomic mass is 9.99. The van der Waals surface area contributed by atoms with Gasteiger partial charge in [-0.25, -0.2) is 0 Å². The molecule has 0 saturated carbocycles. The van der Waals surface area contributed by atoms with Crippen LogP contribution in [0.25, 0.3) is 0 Å². The molecule has 0 fully saturated rings. The third-order valence-electron chi connectivity index (χ3n) is 1.91. The van der Waals surface area contributed by atoms with E-state index >= 15 is 0 Å². The number of aliphatic imine (C=N–C) groups is 1. The maximum Gasteiger partial charge on any atom is 0.215 e. The van der Waals surface area contributed by atoms with Gasteiger partial charge >= 0.3 is 0 Å². The van der Waals surface area contributed by atoms with Crippen LogP contribution in [-0.4, -0.2) is 26.3 Å². The summed E-state index contributed by atoms with van der Waals surface area (Å²) in [5, 5.41) is 8.70. The van der Waals surface area contributed by atoms with Crippen LogP contribution >= 0.6 is 0 Å². The van der Waals surface area contributed by atoms with Crippen LogP contribution in [0.1, 0.15) is 11.1 Å². The Bertz CT molecular complexity index is 422. The summed E-state index contributed by atoms with van der Waals surface area (Å²) in [7, 11) is 5.56. The molecule has 0 spiro atoms. The predicted octanol–water partition coefficient (Wildman–Crippen LogP) is 0.830. The lowest BCUT2D eigenvalue weighted by Gasteiger charge is -2.00. The molecule has 0 aliphatic carbocycles. The first kappa shape index (κ1) is 8.83. The third-order valence-corrected chi connectivity index (χ3v) is 1.91. The van der Waals surface area contributed by atoms with Crippen molar-refractivity contribution in [3.8, 4) is 6.07 Å². The summed E-state index contributed by atoms with van der Waals surface area (Å²) in [6.45, 7) is 0.409. The molecule has 1 heterocycles. The molecule has 0 aromatic heterocycles. The highest BCUT2D eigenvalue weighted by Crippen LogP contribution is 2.11. The zero-order valence-electron chi connectivity index (χ0n) is 7.47. The predicted molar refractivity (Wildman–Crippen MR) is 53.2 cm³/mol. The molecule has 0 bridgehead atoms. The molecule has 2 rings (SSSR count). The highest BCUT2D eigenvalue weighted by atomic mass is 16.5. The van der Waals surface area contributed by atoms with Gasteiger partial charge in [-0.1, -0.05) is 6.07 Å². The van der Waals surface area contributed by atoms with Gasteiger partial charge in [-0.05, 0) is 18.2 Å². The zero-order chi connectivity index (χ0) is 9.97. The Balaban J connectivity index is 2.34. The van der Waals surface area contributed by atoms with Gasteiger partial charge in [0.2, 0.25) is 5.90 Å². The van der Waals surface area contributed by atoms with Crippen LogP contribution in [0.5, 0.6) is 0 Å². The van der Waals surface area contributed by atoms with Gasteiger partial charge in [0.15, 0.2) is 0 Å². The summed E-state index contributed by atoms with van der Waals surface area (Å²) in [6, 6.07) is 9.17. The van der Waals surface area contributed by atoms with Crippen LogP contribution in [-0.2, 0) is 4.74 Å². The SMILES string of the molecule is [B][C@H]1COC(c2cccc(C#N)c2)=N1. The van der Waals surface area contributed by atoms with Gasteiger partial charge in [0.1, 0.15) is 14.5 Å². The van der Waals surface area contributed by atoms with Crippen LogP contribution in [0.2, 0.25) is 0 Å². The van der Waals surface area contributed by atoms with Gasteiger partial charge in [0.25, 0.3) is 0 Å². The highest BCUT2D eigenvalue weighted by Gasteiger charge is 2.15. The molecule has 1 aliphatic heterocycles. The van der Waals surface area contributed by atoms with Gasteiger partial charge in [-0.3, -0.25) is 4.99 Å². The third kappa shape index (κ3) is 1.62. The average molecular weight is 182 g/mol. The first-order chi connectivity index (χ1) is 6.79. The minimum Gasteiger partial charge on any atom is -0.476 e. The largest absolute Gasteiger partial charge is 0.476 e. The first-order valence-electron chi connectivity index (χ1n) is 4.26. The number of nitriles is 1. The van der Waals surface area contributed by atoms with Crippen molar-refractivity contribution in [2.24, 2.45) is 4.99 Å². The summed E-state index contributed by atoms with van der Waals surface area (Å²) < 4.78 is 5.27. The van der Waals surface area contributed by atoms with Gasteiger partial charge in [-0.15, -0.1) is 0 Å². The van der Waals surface area contributed by atoms with Crippen molar-refractivity contribution in [2.45, 2.75) is 5.94 Å². The smallest absolute Gasteiger partial charge is 0.215 e. The molecule has 0 unspecified atom stereocenters. The van der Waals surface area contributed by atoms with Crippen LogP contribution in [0, 0.1) is 11.3 Å². The molecule has 0 saturated heterocycles. The highest BCUT2D eigenvalue weighted by molar-refractivity contribution is 6.14. The van der Waals surface area contributed by atoms with Crippen molar-refractivity contribution >= 4 is 13.7 Å². The van der Waals surface area contributed by atoms with Crippen molar-refractivity contribution in [3.63, 3.8) is 0 Å². The second-order valence-electron chi connectivity index (χ2n) is 3.01. The molecule has 14 heavy (non-hydrogen) atoms. The number of benzene rings is 1. The second-order valence-corrected chi connectivity index (χ2v) is 3.01. The van der Waals surface area contributed by atoms with E-state index in [2.05, 4.69) is 11.1 Å². The summed E-state index contributed by atoms with van der Waals surface area (Å²) in [5.74, 6) is 0.241. The molecule has 1 atom stereocenters. The van der Waals surface area contributed by atoms with Gasteiger partial charge in [0.05, 0.1) is 11.6 Å². The molecular formula is C10H7BN2O. The van der Waals surface area contributed by atoms with Crippen molar-refractivity contribution in [3.05, 3.63) is 35.4 Å². The molecule has 3 nitrogen and oxygen atoms in total. The van der Waals surface area contributed by atoms with Crippen molar-refractivity contribution in [1.82, 2.24) is 0 Å². The fourth-order valence-electron chi connectivity index (χ4n) is 1.27. The summed E-state index contributed by atoms with van der Waals surface area (Å²) in [5.41, 5.74) is 1.39. The molecule has 1 aliphatic rings. The quantitative estimate of drug-likeness (QED) is 0.603. The molecule has 2 radical (unpaired) electrons. The van der Waals surface area contributed by atoms with Crippen LogP contribution in [0.15, 0.2) is 29.3 Å². The normalized spacial score (nSPS) is 19.6. The van der Waals surface area contributed by atoms with E-state index in [0.29, 0.717) is 18.1 Å². The Morgan fingerprint density at radius 2 is 2.43 bits per heavy atom. The lowest BCUT2D eigenvalue weighted by Crippen LogP contribution is -2.04. The Hall–Kier alpha value is -1.76. The summed E-state index contributed by atoms with van der Waals surface area (Å²) in [4.78, 5) is 4.10.